The van der Waals surface area contributed by atoms with E-state index in [9.17, 15) is 14.0 Å². The third kappa shape index (κ3) is 6.17. The Morgan fingerprint density at radius 1 is 1.09 bits per heavy atom. The Morgan fingerprint density at radius 3 is 2.51 bits per heavy atom. The van der Waals surface area contributed by atoms with Crippen molar-refractivity contribution in [3.63, 3.8) is 0 Å². The molecule has 1 aliphatic carbocycles. The Morgan fingerprint density at radius 2 is 1.83 bits per heavy atom. The summed E-state index contributed by atoms with van der Waals surface area (Å²) < 4.78 is 29.2. The number of amides is 1. The summed E-state index contributed by atoms with van der Waals surface area (Å²) in [5.74, 6) is -1.67. The predicted molar refractivity (Wildman–Crippen MR) is 125 cm³/mol. The van der Waals surface area contributed by atoms with Crippen molar-refractivity contribution in [1.29, 1.82) is 0 Å². The van der Waals surface area contributed by atoms with E-state index in [0.29, 0.717) is 37.1 Å². The number of ether oxygens (including phenoxy) is 2. The lowest BCUT2D eigenvalue weighted by Gasteiger charge is -2.27. The van der Waals surface area contributed by atoms with Crippen molar-refractivity contribution in [1.82, 2.24) is 15.2 Å². The molecule has 0 aliphatic heterocycles. The van der Waals surface area contributed by atoms with Crippen molar-refractivity contribution in [3.05, 3.63) is 52.2 Å². The SMILES string of the molecule is COC(=O)[C@H]1CC[C@@H](Oc2ncc(NC(=O)c3nnc(Nc4ccc(F)c(Cl)c4)o3)cc2Cl)CC1. The number of rotatable bonds is 7. The zero-order valence-corrected chi connectivity index (χ0v) is 19.9. The minimum absolute atomic E-state index is 0.0837. The third-order valence-electron chi connectivity index (χ3n) is 5.34. The number of esters is 1. The van der Waals surface area contributed by atoms with Crippen molar-refractivity contribution in [2.24, 2.45) is 5.92 Å². The van der Waals surface area contributed by atoms with E-state index in [2.05, 4.69) is 25.8 Å². The van der Waals surface area contributed by atoms with Crippen LogP contribution in [0.3, 0.4) is 0 Å². The molecule has 3 aromatic rings. The highest BCUT2D eigenvalue weighted by molar-refractivity contribution is 6.32. The molecular formula is C22H20Cl2FN5O5. The highest BCUT2D eigenvalue weighted by Gasteiger charge is 2.28. The number of hydrogen-bond acceptors (Lipinski definition) is 9. The van der Waals surface area contributed by atoms with Gasteiger partial charge in [0.05, 0.1) is 29.9 Å². The van der Waals surface area contributed by atoms with Crippen LogP contribution in [0, 0.1) is 11.7 Å². The van der Waals surface area contributed by atoms with E-state index in [-0.39, 0.29) is 45.8 Å². The van der Waals surface area contributed by atoms with Crippen LogP contribution in [-0.2, 0) is 9.53 Å². The van der Waals surface area contributed by atoms with E-state index in [1.165, 1.54) is 37.6 Å². The van der Waals surface area contributed by atoms with Gasteiger partial charge in [0.1, 0.15) is 16.9 Å². The molecule has 1 aromatic carbocycles. The number of carbonyl (C=O) groups excluding carboxylic acids is 2. The topological polar surface area (TPSA) is 128 Å². The third-order valence-corrected chi connectivity index (χ3v) is 5.90. The molecule has 0 unspecified atom stereocenters. The lowest BCUT2D eigenvalue weighted by Crippen LogP contribution is -2.28. The van der Waals surface area contributed by atoms with E-state index in [1.807, 2.05) is 0 Å². The quantitative estimate of drug-likeness (QED) is 0.410. The lowest BCUT2D eigenvalue weighted by atomic mass is 9.87. The maximum absolute atomic E-state index is 13.3. The Hall–Kier alpha value is -3.44. The number of halogens is 3. The van der Waals surface area contributed by atoms with Crippen LogP contribution in [-0.4, -0.2) is 40.3 Å². The number of nitrogens with one attached hydrogen (secondary N) is 2. The van der Waals surface area contributed by atoms with Crippen LogP contribution < -0.4 is 15.4 Å². The first-order chi connectivity index (χ1) is 16.8. The molecule has 1 fully saturated rings. The second-order valence-corrected chi connectivity index (χ2v) is 8.56. The van der Waals surface area contributed by atoms with Gasteiger partial charge in [-0.05, 0) is 49.9 Å². The molecule has 1 saturated carbocycles. The van der Waals surface area contributed by atoms with Crippen LogP contribution >= 0.6 is 23.2 Å². The van der Waals surface area contributed by atoms with Gasteiger partial charge in [-0.15, -0.1) is 5.10 Å². The molecule has 0 atom stereocenters. The zero-order valence-electron chi connectivity index (χ0n) is 18.4. The van der Waals surface area contributed by atoms with Crippen molar-refractivity contribution in [2.75, 3.05) is 17.7 Å². The molecule has 10 nitrogen and oxygen atoms in total. The van der Waals surface area contributed by atoms with Gasteiger partial charge in [-0.3, -0.25) is 9.59 Å². The highest BCUT2D eigenvalue weighted by atomic mass is 35.5. The monoisotopic (exact) mass is 523 g/mol. The highest BCUT2D eigenvalue weighted by Crippen LogP contribution is 2.31. The number of benzene rings is 1. The summed E-state index contributed by atoms with van der Waals surface area (Å²) in [7, 11) is 1.38. The van der Waals surface area contributed by atoms with Gasteiger partial charge in [0, 0.05) is 5.69 Å². The number of methoxy groups -OCH3 is 1. The maximum Gasteiger partial charge on any atom is 0.320 e. The summed E-state index contributed by atoms with van der Waals surface area (Å²) in [5, 5.41) is 12.8. The molecule has 4 rings (SSSR count). The smallest absolute Gasteiger partial charge is 0.320 e. The average molecular weight is 524 g/mol. The first-order valence-corrected chi connectivity index (χ1v) is 11.3. The number of carbonyl (C=O) groups is 2. The van der Waals surface area contributed by atoms with Gasteiger partial charge in [-0.2, -0.15) is 0 Å². The number of aromatic nitrogens is 3. The minimum Gasteiger partial charge on any atom is -0.473 e. The molecule has 1 aliphatic rings. The fraction of sp³-hybridized carbons (Fsp3) is 0.318. The van der Waals surface area contributed by atoms with Gasteiger partial charge in [-0.1, -0.05) is 28.3 Å². The fourth-order valence-corrected chi connectivity index (χ4v) is 3.96. The molecule has 0 bridgehead atoms. The molecule has 2 aromatic heterocycles. The molecule has 13 heteroatoms. The second kappa shape index (κ2) is 10.9. The summed E-state index contributed by atoms with van der Waals surface area (Å²) in [6.45, 7) is 0. The van der Waals surface area contributed by atoms with Crippen LogP contribution in [0.4, 0.5) is 21.8 Å². The Bertz CT molecular complexity index is 1230. The Kier molecular flexibility index (Phi) is 7.67. The number of hydrogen-bond donors (Lipinski definition) is 2. The summed E-state index contributed by atoms with van der Waals surface area (Å²) in [6, 6.07) is 5.33. The average Bonchev–Trinajstić information content (AvgIpc) is 3.32. The standard InChI is InChI=1S/C22H20Cl2FN5O5/c1-33-21(32)11-2-5-14(6-3-11)34-19-16(24)9-13(10-26-19)27-18(31)20-29-30-22(35-20)28-12-4-7-17(25)15(23)8-12/h4,7-11,14H,2-3,5-6H2,1H3,(H,27,31)(H,28,30)/t11-,14+. The van der Waals surface area contributed by atoms with Crippen LogP contribution in [0.25, 0.3) is 0 Å². The van der Waals surface area contributed by atoms with Crippen LogP contribution in [0.1, 0.15) is 36.4 Å². The van der Waals surface area contributed by atoms with E-state index in [4.69, 9.17) is 37.1 Å². The molecule has 35 heavy (non-hydrogen) atoms. The minimum atomic E-state index is -0.685. The summed E-state index contributed by atoms with van der Waals surface area (Å²) >= 11 is 12.0. The van der Waals surface area contributed by atoms with Gasteiger partial charge in [0.2, 0.25) is 5.88 Å². The van der Waals surface area contributed by atoms with E-state index < -0.39 is 11.7 Å². The summed E-state index contributed by atoms with van der Waals surface area (Å²) in [4.78, 5) is 28.3. The first-order valence-electron chi connectivity index (χ1n) is 10.6. The van der Waals surface area contributed by atoms with E-state index in [1.54, 1.807) is 0 Å². The second-order valence-electron chi connectivity index (χ2n) is 7.75. The fourth-order valence-electron chi connectivity index (χ4n) is 3.57. The molecule has 0 saturated heterocycles. The van der Waals surface area contributed by atoms with Gasteiger partial charge in [0.15, 0.2) is 0 Å². The zero-order chi connectivity index (χ0) is 24.9. The van der Waals surface area contributed by atoms with Crippen LogP contribution in [0.5, 0.6) is 5.88 Å². The Balaban J connectivity index is 1.33. The molecule has 2 N–H and O–H groups in total. The molecule has 184 valence electrons. The lowest BCUT2D eigenvalue weighted by molar-refractivity contribution is -0.147. The van der Waals surface area contributed by atoms with Crippen LogP contribution in [0.2, 0.25) is 10.0 Å². The number of nitrogens with zero attached hydrogens (tertiary/aromatic N) is 3. The first kappa shape index (κ1) is 24.7. The van der Waals surface area contributed by atoms with Gasteiger partial charge < -0.3 is 24.5 Å². The predicted octanol–water partition coefficient (Wildman–Crippen LogP) is 5.02. The number of pyridine rings is 1. The molecule has 1 amide bonds. The van der Waals surface area contributed by atoms with Crippen molar-refractivity contribution >= 4 is 52.5 Å². The maximum atomic E-state index is 13.3. The largest absolute Gasteiger partial charge is 0.473 e. The van der Waals surface area contributed by atoms with Gasteiger partial charge in [-0.25, -0.2) is 9.37 Å². The Labute approximate surface area is 209 Å². The van der Waals surface area contributed by atoms with Crippen molar-refractivity contribution in [2.45, 2.75) is 31.8 Å². The number of anilines is 3. The molecule has 0 radical (unpaired) electrons. The van der Waals surface area contributed by atoms with Crippen LogP contribution in [0.15, 0.2) is 34.9 Å². The summed E-state index contributed by atoms with van der Waals surface area (Å²) in [5.41, 5.74) is 0.692. The normalized spacial score (nSPS) is 17.5. The van der Waals surface area contributed by atoms with Gasteiger partial charge in [0.25, 0.3) is 0 Å². The van der Waals surface area contributed by atoms with Crippen molar-refractivity contribution in [3.8, 4) is 5.88 Å². The van der Waals surface area contributed by atoms with E-state index >= 15 is 0 Å². The van der Waals surface area contributed by atoms with Gasteiger partial charge >= 0.3 is 23.8 Å². The van der Waals surface area contributed by atoms with E-state index in [0.717, 1.165) is 0 Å². The van der Waals surface area contributed by atoms with Crippen molar-refractivity contribution < 1.29 is 27.9 Å². The summed E-state index contributed by atoms with van der Waals surface area (Å²) in [6.07, 6.45) is 3.94. The molecular weight excluding hydrogens is 504 g/mol. The molecule has 0 spiro atoms. The molecule has 2 heterocycles.